The quantitative estimate of drug-likeness (QED) is 0.0164. The number of nitrogens with two attached hydrogens (primary N) is 9. The first-order valence-electron chi connectivity index (χ1n) is 28.0. The number of carboxylic acid groups (broad SMARTS) is 1. The molecule has 0 unspecified atom stereocenters. The summed E-state index contributed by atoms with van der Waals surface area (Å²) in [6, 6.07) is -12.6. The van der Waals surface area contributed by atoms with E-state index in [9.17, 15) is 57.8 Å². The number of carboxylic acids is 1. The topological polar surface area (TPSA) is 604 Å². The molecule has 0 spiro atoms. The van der Waals surface area contributed by atoms with Gasteiger partial charge in [0, 0.05) is 50.8 Å². The molecule has 10 amide bonds. The molecule has 0 fully saturated rings. The third-order valence-corrected chi connectivity index (χ3v) is 13.1. The highest BCUT2D eigenvalue weighted by atomic mass is 16.4. The number of guanidine groups is 3. The van der Waals surface area contributed by atoms with Gasteiger partial charge >= 0.3 is 5.97 Å². The van der Waals surface area contributed by atoms with E-state index in [2.05, 4.69) is 67.5 Å². The number of hydrogen-bond donors (Lipinski definition) is 19. The second kappa shape index (κ2) is 38.8. The number of hydrogen-bond acceptors (Lipinski definition) is 16. The summed E-state index contributed by atoms with van der Waals surface area (Å²) in [5, 5.41) is 30.4. The van der Waals surface area contributed by atoms with Gasteiger partial charge in [-0.15, -0.1) is 0 Å². The molecule has 0 aliphatic rings. The average Bonchev–Trinajstić information content (AvgIpc) is 4.04. The van der Waals surface area contributed by atoms with Crippen LogP contribution in [-0.4, -0.2) is 172 Å². The maximum atomic E-state index is 14.6. The molecule has 1 aromatic heterocycles. The highest BCUT2D eigenvalue weighted by Gasteiger charge is 2.37. The standard InChI is InChI=1S/C51H92N22O12/c1-7-27(6)39(47(83)69-33(15-17-37(54)75)41(77)68-32(14-16-36(53)74)42(78)71-35(48(84)85)21-25(2)3)73-44(80)31(13-10-20-64-51(59)60)67-45(81)34(22-28-23-61-24-65-28)70-46(82)38(26(4)5)72-43(79)30(12-9-19-63-50(57)58)66-40(76)29(52)11-8-18-62-49(55)56/h23-27,29-35,38-39H,7-22,52H2,1-6H3,(H2,53,74)(H2,54,75)(H,61,65)(H,66,76)(H,67,81)(H,68,77)(H,69,83)(H,70,82)(H,71,78)(H,72,79)(H,73,80)(H,84,85)(H4,55,56,62)(H4,57,58,63)(H4,59,60,64)/t27-,29-,30-,31-,32-,33-,34-,35-,38-,39-/m0/s1. The molecule has 0 radical (unpaired) electrons. The zero-order chi connectivity index (χ0) is 64.5. The van der Waals surface area contributed by atoms with E-state index in [0.29, 0.717) is 12.1 Å². The molecule has 0 aliphatic heterocycles. The average molecular weight is 1210 g/mol. The third kappa shape index (κ3) is 30.3. The molecule has 1 rings (SSSR count). The fraction of sp³-hybridized carbons (Fsp3) is 0.667. The van der Waals surface area contributed by atoms with E-state index in [0.717, 1.165) is 0 Å². The van der Waals surface area contributed by atoms with E-state index in [1.165, 1.54) is 12.5 Å². The van der Waals surface area contributed by atoms with Gasteiger partial charge in [0.1, 0.15) is 48.3 Å². The molecule has 0 saturated heterocycles. The lowest BCUT2D eigenvalue weighted by atomic mass is 9.96. The molecule has 478 valence electrons. The van der Waals surface area contributed by atoms with Crippen LogP contribution in [0.4, 0.5) is 0 Å². The normalized spacial score (nSPS) is 14.6. The number of aliphatic imine (C=N–C) groups is 3. The predicted molar refractivity (Wildman–Crippen MR) is 314 cm³/mol. The Labute approximate surface area is 493 Å². The smallest absolute Gasteiger partial charge is 0.326 e. The first kappa shape index (κ1) is 74.2. The summed E-state index contributed by atoms with van der Waals surface area (Å²) in [6.45, 7) is 10.3. The van der Waals surface area contributed by atoms with Crippen molar-refractivity contribution in [3.63, 3.8) is 0 Å². The molecule has 28 N–H and O–H groups in total. The van der Waals surface area contributed by atoms with Crippen LogP contribution in [0.25, 0.3) is 0 Å². The lowest BCUT2D eigenvalue weighted by Gasteiger charge is -2.30. The van der Waals surface area contributed by atoms with Gasteiger partial charge in [-0.25, -0.2) is 9.78 Å². The minimum absolute atomic E-state index is 0.000613. The van der Waals surface area contributed by atoms with Gasteiger partial charge in [-0.05, 0) is 75.5 Å². The van der Waals surface area contributed by atoms with Crippen molar-refractivity contribution in [3.8, 4) is 0 Å². The minimum atomic E-state index is -1.61. The molecular formula is C51H92N22O12. The maximum Gasteiger partial charge on any atom is 0.326 e. The van der Waals surface area contributed by atoms with Crippen LogP contribution >= 0.6 is 0 Å². The van der Waals surface area contributed by atoms with Crippen LogP contribution in [0.1, 0.15) is 124 Å². The van der Waals surface area contributed by atoms with E-state index in [1.54, 1.807) is 41.5 Å². The zero-order valence-corrected chi connectivity index (χ0v) is 49.3. The van der Waals surface area contributed by atoms with E-state index in [4.69, 9.17) is 51.6 Å². The fourth-order valence-electron chi connectivity index (χ4n) is 8.19. The number of carbonyl (C=O) groups excluding carboxylic acids is 10. The van der Waals surface area contributed by atoms with Crippen LogP contribution in [0, 0.1) is 17.8 Å². The largest absolute Gasteiger partial charge is 0.480 e. The van der Waals surface area contributed by atoms with Crippen molar-refractivity contribution < 1.29 is 57.8 Å². The number of nitrogens with one attached hydrogen (secondary N) is 9. The van der Waals surface area contributed by atoms with E-state index < -0.39 is 151 Å². The number of amides is 10. The second-order valence-electron chi connectivity index (χ2n) is 21.2. The molecule has 0 aromatic carbocycles. The highest BCUT2D eigenvalue weighted by molar-refractivity contribution is 5.98. The van der Waals surface area contributed by atoms with Crippen LogP contribution in [0.15, 0.2) is 27.5 Å². The van der Waals surface area contributed by atoms with Crippen LogP contribution < -0.4 is 94.1 Å². The number of aromatic amines is 1. The number of carbonyl (C=O) groups is 11. The minimum Gasteiger partial charge on any atom is -0.480 e. The molecule has 0 saturated carbocycles. The summed E-state index contributed by atoms with van der Waals surface area (Å²) < 4.78 is 0. The van der Waals surface area contributed by atoms with Gasteiger partial charge in [-0.2, -0.15) is 0 Å². The van der Waals surface area contributed by atoms with Gasteiger partial charge in [0.2, 0.25) is 59.1 Å². The maximum absolute atomic E-state index is 14.6. The number of rotatable bonds is 42. The monoisotopic (exact) mass is 1200 g/mol. The number of nitrogens with zero attached hydrogens (tertiary/aromatic N) is 4. The number of H-pyrrole nitrogens is 1. The van der Waals surface area contributed by atoms with Crippen LogP contribution in [0.2, 0.25) is 0 Å². The van der Waals surface area contributed by atoms with Gasteiger partial charge in [0.15, 0.2) is 17.9 Å². The molecule has 0 aliphatic carbocycles. The SMILES string of the molecule is CC[C@H](C)[C@H](NC(=O)[C@H](CCCN=C(N)N)NC(=O)[C@H](Cc1cnc[nH]1)NC(=O)[C@@H](NC(=O)[C@H](CCCN=C(N)N)NC(=O)[C@@H](N)CCCN=C(N)N)C(C)C)C(=O)N[C@@H](CCC(N)=O)C(=O)N[C@@H](CCC(N)=O)C(=O)N[C@@H](CC(C)C)C(=O)O. The van der Waals surface area contributed by atoms with Crippen LogP contribution in [0.5, 0.6) is 0 Å². The predicted octanol–water partition coefficient (Wildman–Crippen LogP) is -6.32. The Morgan fingerprint density at radius 1 is 0.506 bits per heavy atom. The first-order valence-corrected chi connectivity index (χ1v) is 28.0. The molecule has 0 bridgehead atoms. The van der Waals surface area contributed by atoms with Crippen molar-refractivity contribution in [1.29, 1.82) is 0 Å². The lowest BCUT2D eigenvalue weighted by molar-refractivity contribution is -0.143. The molecule has 1 aromatic rings. The number of primary amides is 2. The first-order chi connectivity index (χ1) is 39.9. The number of imidazole rings is 1. The van der Waals surface area contributed by atoms with Crippen molar-refractivity contribution in [2.24, 2.45) is 84.3 Å². The van der Waals surface area contributed by atoms with E-state index in [1.807, 2.05) is 0 Å². The van der Waals surface area contributed by atoms with Gasteiger partial charge in [0.05, 0.1) is 12.4 Å². The van der Waals surface area contributed by atoms with Crippen molar-refractivity contribution in [3.05, 3.63) is 18.2 Å². The van der Waals surface area contributed by atoms with Crippen molar-refractivity contribution in [1.82, 2.24) is 52.5 Å². The van der Waals surface area contributed by atoms with E-state index >= 15 is 0 Å². The van der Waals surface area contributed by atoms with Crippen molar-refractivity contribution in [2.45, 2.75) is 179 Å². The number of aliphatic carboxylic acids is 1. The Bertz CT molecular complexity index is 2460. The fourth-order valence-corrected chi connectivity index (χ4v) is 8.19. The number of aromatic nitrogens is 2. The molecule has 1 heterocycles. The summed E-state index contributed by atoms with van der Waals surface area (Å²) in [7, 11) is 0. The summed E-state index contributed by atoms with van der Waals surface area (Å²) in [6.07, 6.45) is 1.67. The van der Waals surface area contributed by atoms with E-state index in [-0.39, 0.29) is 101 Å². The molecule has 34 heteroatoms. The second-order valence-corrected chi connectivity index (χ2v) is 21.2. The molecule has 85 heavy (non-hydrogen) atoms. The van der Waals surface area contributed by atoms with Gasteiger partial charge in [-0.3, -0.25) is 62.9 Å². The van der Waals surface area contributed by atoms with Crippen LogP contribution in [0.3, 0.4) is 0 Å². The summed E-state index contributed by atoms with van der Waals surface area (Å²) in [5.41, 5.74) is 50.1. The van der Waals surface area contributed by atoms with Gasteiger partial charge in [-0.1, -0.05) is 48.0 Å². The Morgan fingerprint density at radius 2 is 0.882 bits per heavy atom. The Kier molecular flexibility index (Phi) is 33.9. The van der Waals surface area contributed by atoms with Crippen LogP contribution in [-0.2, 0) is 59.2 Å². The summed E-state index contributed by atoms with van der Waals surface area (Å²) in [5.74, 6) is -12.3. The Hall–Kier alpha value is -8.85. The summed E-state index contributed by atoms with van der Waals surface area (Å²) in [4.78, 5) is 167. The molecule has 10 atom stereocenters. The van der Waals surface area contributed by atoms with Crippen molar-refractivity contribution >= 4 is 82.9 Å². The summed E-state index contributed by atoms with van der Waals surface area (Å²) >= 11 is 0. The van der Waals surface area contributed by atoms with Crippen molar-refractivity contribution in [2.75, 3.05) is 19.6 Å². The van der Waals surface area contributed by atoms with Gasteiger partial charge < -0.3 is 104 Å². The zero-order valence-electron chi connectivity index (χ0n) is 49.3. The third-order valence-electron chi connectivity index (χ3n) is 13.1. The highest BCUT2D eigenvalue weighted by Crippen LogP contribution is 2.14. The molecular weight excluding hydrogens is 1110 g/mol. The molecule has 34 nitrogen and oxygen atoms in total. The lowest BCUT2D eigenvalue weighted by Crippen LogP contribution is -2.61. The van der Waals surface area contributed by atoms with Gasteiger partial charge in [0.25, 0.3) is 0 Å². The Morgan fingerprint density at radius 3 is 1.28 bits per heavy atom. The Balaban J connectivity index is 3.68.